The molecule has 1 aromatic rings. The van der Waals surface area contributed by atoms with Crippen molar-refractivity contribution in [3.63, 3.8) is 0 Å². The van der Waals surface area contributed by atoms with E-state index in [1.54, 1.807) is 25.1 Å². The predicted octanol–water partition coefficient (Wildman–Crippen LogP) is 2.95. The number of methoxy groups -OCH3 is 1. The summed E-state index contributed by atoms with van der Waals surface area (Å²) in [6, 6.07) is 7.83. The maximum atomic E-state index is 12.3. The van der Waals surface area contributed by atoms with Crippen LogP contribution in [0.1, 0.15) is 38.2 Å². The van der Waals surface area contributed by atoms with Crippen molar-refractivity contribution in [1.29, 1.82) is 0 Å². The number of carbonyl (C=O) groups excluding carboxylic acids is 1. The number of para-hydroxylation sites is 1. The molecule has 1 fully saturated rings. The fourth-order valence-corrected chi connectivity index (χ4v) is 3.23. The summed E-state index contributed by atoms with van der Waals surface area (Å²) in [5.41, 5.74) is 1.34. The van der Waals surface area contributed by atoms with Crippen LogP contribution in [0.15, 0.2) is 35.9 Å². The molecule has 0 heterocycles. The third kappa shape index (κ3) is 4.83. The van der Waals surface area contributed by atoms with Gasteiger partial charge in [-0.15, -0.1) is 0 Å². The number of hydrogen-bond donors (Lipinski definition) is 1. The Balaban J connectivity index is 1.97. The number of ether oxygens (including phenoxy) is 1. The second kappa shape index (κ2) is 7.64. The summed E-state index contributed by atoms with van der Waals surface area (Å²) in [6.07, 6.45) is 5.99. The molecule has 0 bridgehead atoms. The fraction of sp³-hybridized carbons (Fsp3) is 0.526. The van der Waals surface area contributed by atoms with Crippen molar-refractivity contribution < 1.29 is 14.6 Å². The van der Waals surface area contributed by atoms with Crippen molar-refractivity contribution in [3.05, 3.63) is 41.5 Å². The molecule has 0 radical (unpaired) electrons. The van der Waals surface area contributed by atoms with Crippen molar-refractivity contribution in [2.24, 2.45) is 0 Å². The van der Waals surface area contributed by atoms with Crippen molar-refractivity contribution in [1.82, 2.24) is 4.90 Å². The summed E-state index contributed by atoms with van der Waals surface area (Å²) >= 11 is 0. The molecular formula is C19H27NO3. The van der Waals surface area contributed by atoms with Crippen LogP contribution in [0.2, 0.25) is 0 Å². The predicted molar refractivity (Wildman–Crippen MR) is 91.5 cm³/mol. The first-order chi connectivity index (χ1) is 10.9. The normalized spacial score (nSPS) is 17.1. The van der Waals surface area contributed by atoms with Gasteiger partial charge in [0.05, 0.1) is 12.7 Å². The van der Waals surface area contributed by atoms with E-state index < -0.39 is 5.60 Å². The maximum absolute atomic E-state index is 12.3. The summed E-state index contributed by atoms with van der Waals surface area (Å²) in [5, 5.41) is 10.4. The van der Waals surface area contributed by atoms with Crippen LogP contribution in [0.3, 0.4) is 0 Å². The molecule has 0 spiro atoms. The molecule has 23 heavy (non-hydrogen) atoms. The zero-order valence-electron chi connectivity index (χ0n) is 14.3. The standard InChI is InChI=1S/C19H27NO3/c1-15(12-16-8-4-5-9-17(16)23-3)13-18(21)20(2)14-19(22)10-6-7-11-19/h4-5,8-9,13,22H,6-7,10-12,14H2,1-3H3/b15-13+. The second-order valence-electron chi connectivity index (χ2n) is 6.61. The Morgan fingerprint density at radius 3 is 2.65 bits per heavy atom. The van der Waals surface area contributed by atoms with E-state index in [1.165, 1.54) is 0 Å². The fourth-order valence-electron chi connectivity index (χ4n) is 3.23. The maximum Gasteiger partial charge on any atom is 0.246 e. The minimum atomic E-state index is -0.700. The summed E-state index contributed by atoms with van der Waals surface area (Å²) in [6.45, 7) is 2.35. The van der Waals surface area contributed by atoms with E-state index in [-0.39, 0.29) is 5.91 Å². The Bertz CT molecular complexity index is 574. The molecule has 1 aliphatic rings. The lowest BCUT2D eigenvalue weighted by Gasteiger charge is -2.28. The molecule has 0 unspecified atom stereocenters. The third-order valence-corrected chi connectivity index (χ3v) is 4.47. The topological polar surface area (TPSA) is 49.8 Å². The van der Waals surface area contributed by atoms with Gasteiger partial charge in [-0.3, -0.25) is 4.79 Å². The van der Waals surface area contributed by atoms with E-state index in [4.69, 9.17) is 4.74 Å². The lowest BCUT2D eigenvalue weighted by Crippen LogP contribution is -2.41. The van der Waals surface area contributed by atoms with Crippen molar-refractivity contribution >= 4 is 5.91 Å². The Hall–Kier alpha value is -1.81. The molecule has 1 N–H and O–H groups in total. The van der Waals surface area contributed by atoms with Crippen molar-refractivity contribution in [2.75, 3.05) is 20.7 Å². The number of benzene rings is 1. The number of amides is 1. The van der Waals surface area contributed by atoms with E-state index in [9.17, 15) is 9.90 Å². The molecule has 0 saturated heterocycles. The quantitative estimate of drug-likeness (QED) is 0.821. The molecule has 0 aromatic heterocycles. The summed E-state index contributed by atoms with van der Waals surface area (Å²) in [5.74, 6) is 0.777. The molecular weight excluding hydrogens is 290 g/mol. The van der Waals surface area contributed by atoms with Gasteiger partial charge in [-0.05, 0) is 37.8 Å². The lowest BCUT2D eigenvalue weighted by molar-refractivity contribution is -0.128. The first-order valence-corrected chi connectivity index (χ1v) is 8.20. The first-order valence-electron chi connectivity index (χ1n) is 8.20. The van der Waals surface area contributed by atoms with E-state index in [0.717, 1.165) is 42.6 Å². The Labute approximate surface area is 138 Å². The Morgan fingerprint density at radius 1 is 1.35 bits per heavy atom. The van der Waals surface area contributed by atoms with Gasteiger partial charge < -0.3 is 14.7 Å². The largest absolute Gasteiger partial charge is 0.496 e. The van der Waals surface area contributed by atoms with Crippen LogP contribution >= 0.6 is 0 Å². The van der Waals surface area contributed by atoms with Gasteiger partial charge in [0, 0.05) is 19.7 Å². The number of hydrogen-bond acceptors (Lipinski definition) is 3. The van der Waals surface area contributed by atoms with Gasteiger partial charge >= 0.3 is 0 Å². The molecule has 4 nitrogen and oxygen atoms in total. The van der Waals surface area contributed by atoms with Gasteiger partial charge in [0.15, 0.2) is 0 Å². The molecule has 1 saturated carbocycles. The van der Waals surface area contributed by atoms with Crippen LogP contribution in [0, 0.1) is 0 Å². The van der Waals surface area contributed by atoms with Crippen LogP contribution in [-0.2, 0) is 11.2 Å². The smallest absolute Gasteiger partial charge is 0.246 e. The highest BCUT2D eigenvalue weighted by molar-refractivity contribution is 5.88. The lowest BCUT2D eigenvalue weighted by atomic mass is 10.0. The molecule has 4 heteroatoms. The first kappa shape index (κ1) is 17.5. The molecule has 0 atom stereocenters. The number of rotatable bonds is 6. The summed E-state index contributed by atoms with van der Waals surface area (Å²) in [4.78, 5) is 14.0. The molecule has 1 amide bonds. The van der Waals surface area contributed by atoms with Crippen LogP contribution in [0.5, 0.6) is 5.75 Å². The highest BCUT2D eigenvalue weighted by Gasteiger charge is 2.33. The number of carbonyl (C=O) groups is 1. The monoisotopic (exact) mass is 317 g/mol. The van der Waals surface area contributed by atoms with Crippen molar-refractivity contribution in [3.8, 4) is 5.75 Å². The van der Waals surface area contributed by atoms with Gasteiger partial charge in [-0.25, -0.2) is 0 Å². The molecule has 2 rings (SSSR count). The van der Waals surface area contributed by atoms with Crippen LogP contribution in [0.25, 0.3) is 0 Å². The number of allylic oxidation sites excluding steroid dienone is 1. The molecule has 1 aromatic carbocycles. The van der Waals surface area contributed by atoms with Crippen LogP contribution in [-0.4, -0.2) is 42.2 Å². The van der Waals surface area contributed by atoms with Gasteiger partial charge in [0.25, 0.3) is 0 Å². The van der Waals surface area contributed by atoms with E-state index >= 15 is 0 Å². The highest BCUT2D eigenvalue weighted by Crippen LogP contribution is 2.30. The summed E-state index contributed by atoms with van der Waals surface area (Å²) < 4.78 is 5.34. The minimum Gasteiger partial charge on any atom is -0.496 e. The van der Waals surface area contributed by atoms with Crippen LogP contribution < -0.4 is 4.74 Å². The average molecular weight is 317 g/mol. The van der Waals surface area contributed by atoms with Gasteiger partial charge in [0.1, 0.15) is 5.75 Å². The third-order valence-electron chi connectivity index (χ3n) is 4.47. The SMILES string of the molecule is COc1ccccc1C/C(C)=C/C(=O)N(C)CC1(O)CCCC1. The number of aliphatic hydroxyl groups is 1. The average Bonchev–Trinajstić information content (AvgIpc) is 2.93. The van der Waals surface area contributed by atoms with Gasteiger partial charge in [-0.2, -0.15) is 0 Å². The Morgan fingerprint density at radius 2 is 2.00 bits per heavy atom. The van der Waals surface area contributed by atoms with E-state index in [1.807, 2.05) is 31.2 Å². The molecule has 1 aliphatic carbocycles. The van der Waals surface area contributed by atoms with Gasteiger partial charge in [-0.1, -0.05) is 36.6 Å². The highest BCUT2D eigenvalue weighted by atomic mass is 16.5. The van der Waals surface area contributed by atoms with Gasteiger partial charge in [0.2, 0.25) is 5.91 Å². The molecule has 126 valence electrons. The second-order valence-corrected chi connectivity index (χ2v) is 6.61. The zero-order valence-corrected chi connectivity index (χ0v) is 14.3. The minimum absolute atomic E-state index is 0.0577. The van der Waals surface area contributed by atoms with E-state index in [2.05, 4.69) is 0 Å². The summed E-state index contributed by atoms with van der Waals surface area (Å²) in [7, 11) is 3.41. The number of likely N-dealkylation sites (N-methyl/N-ethyl adjacent to an activating group) is 1. The van der Waals surface area contributed by atoms with Crippen LogP contribution in [0.4, 0.5) is 0 Å². The molecule has 0 aliphatic heterocycles. The zero-order chi connectivity index (χ0) is 16.9. The van der Waals surface area contributed by atoms with Crippen molar-refractivity contribution in [2.45, 2.75) is 44.6 Å². The number of nitrogens with zero attached hydrogens (tertiary/aromatic N) is 1. The Kier molecular flexibility index (Phi) is 5.83. The van der Waals surface area contributed by atoms with E-state index in [0.29, 0.717) is 13.0 Å².